The minimum absolute atomic E-state index is 0.544. The quantitative estimate of drug-likeness (QED) is 0.339. The van der Waals surface area contributed by atoms with E-state index in [1.54, 1.807) is 0 Å². The van der Waals surface area contributed by atoms with Crippen molar-refractivity contribution in [1.82, 2.24) is 0 Å². The Labute approximate surface area is 195 Å². The molecule has 4 aliphatic rings. The smallest absolute Gasteiger partial charge is 0.00825 e. The van der Waals surface area contributed by atoms with Crippen LogP contribution in [0.4, 0.5) is 0 Å². The van der Waals surface area contributed by atoms with Crippen molar-refractivity contribution in [2.45, 2.75) is 138 Å². The number of rotatable bonds is 8. The summed E-state index contributed by atoms with van der Waals surface area (Å²) >= 11 is 0. The second kappa shape index (κ2) is 9.54. The Kier molecular flexibility index (Phi) is 7.35. The van der Waals surface area contributed by atoms with Crippen LogP contribution in [0.5, 0.6) is 0 Å². The molecule has 0 aliphatic heterocycles. The van der Waals surface area contributed by atoms with Crippen molar-refractivity contribution in [3.05, 3.63) is 11.1 Å². The van der Waals surface area contributed by atoms with Gasteiger partial charge >= 0.3 is 0 Å². The molecule has 4 aliphatic carbocycles. The zero-order chi connectivity index (χ0) is 22.2. The second-order valence-electron chi connectivity index (χ2n) is 13.4. The van der Waals surface area contributed by atoms with Crippen molar-refractivity contribution < 1.29 is 0 Å². The SMILES string of the molecule is CCCCC1CCC[C@@]2(C)C1CCC1=C3CC[C@H]([C@H](C)CCCC(C)C)[C@@]3(C)CC[C@@H]12. The third kappa shape index (κ3) is 4.33. The van der Waals surface area contributed by atoms with Gasteiger partial charge in [-0.15, -0.1) is 0 Å². The average Bonchev–Trinajstić information content (AvgIpc) is 3.08. The first-order valence-corrected chi connectivity index (χ1v) is 14.5. The normalized spacial score (nSPS) is 41.1. The Morgan fingerprint density at radius 1 is 0.903 bits per heavy atom. The van der Waals surface area contributed by atoms with Gasteiger partial charge in [-0.2, -0.15) is 0 Å². The summed E-state index contributed by atoms with van der Waals surface area (Å²) < 4.78 is 0. The summed E-state index contributed by atoms with van der Waals surface area (Å²) in [6, 6.07) is 0. The van der Waals surface area contributed by atoms with Gasteiger partial charge in [0, 0.05) is 0 Å². The van der Waals surface area contributed by atoms with Crippen LogP contribution in [0, 0.1) is 46.3 Å². The van der Waals surface area contributed by atoms with Crippen LogP contribution in [-0.4, -0.2) is 0 Å². The second-order valence-corrected chi connectivity index (χ2v) is 13.4. The molecule has 0 saturated heterocycles. The molecule has 0 amide bonds. The van der Waals surface area contributed by atoms with E-state index in [0.717, 1.165) is 35.5 Å². The van der Waals surface area contributed by atoms with E-state index >= 15 is 0 Å². The molecule has 31 heavy (non-hydrogen) atoms. The Hall–Kier alpha value is -0.260. The van der Waals surface area contributed by atoms with E-state index in [4.69, 9.17) is 0 Å². The lowest BCUT2D eigenvalue weighted by Crippen LogP contribution is -2.49. The molecule has 178 valence electrons. The van der Waals surface area contributed by atoms with Crippen LogP contribution >= 0.6 is 0 Å². The van der Waals surface area contributed by atoms with Crippen LogP contribution in [0.2, 0.25) is 0 Å². The van der Waals surface area contributed by atoms with Gasteiger partial charge in [0.15, 0.2) is 0 Å². The highest BCUT2D eigenvalue weighted by Crippen LogP contribution is 2.66. The fourth-order valence-corrected chi connectivity index (χ4v) is 9.63. The lowest BCUT2D eigenvalue weighted by Gasteiger charge is -2.58. The Morgan fingerprint density at radius 3 is 2.45 bits per heavy atom. The summed E-state index contributed by atoms with van der Waals surface area (Å²) in [5.74, 6) is 5.74. The van der Waals surface area contributed by atoms with Crippen molar-refractivity contribution in [3.63, 3.8) is 0 Å². The van der Waals surface area contributed by atoms with Crippen molar-refractivity contribution in [3.8, 4) is 0 Å². The molecule has 3 saturated carbocycles. The largest absolute Gasteiger partial charge is 0.0668 e. The highest BCUT2D eigenvalue weighted by molar-refractivity contribution is 5.34. The molecular formula is C31H54. The summed E-state index contributed by atoms with van der Waals surface area (Å²) in [6.07, 6.45) is 22.2. The standard InChI is InChI=1S/C31H54/c1-7-8-13-24-14-10-20-30(5)27(24)16-15-25-28-18-17-26(23(4)12-9-11-22(2)3)31(28,6)21-19-29(25)30/h22-24,26-27,29H,7-21H2,1-6H3/t23-,24?,26-,27?,29+,30+,31-/m1/s1. The van der Waals surface area contributed by atoms with E-state index in [2.05, 4.69) is 41.5 Å². The predicted molar refractivity (Wildman–Crippen MR) is 136 cm³/mol. The molecule has 4 rings (SSSR count). The number of allylic oxidation sites excluding steroid dienone is 2. The van der Waals surface area contributed by atoms with Crippen molar-refractivity contribution in [2.24, 2.45) is 46.3 Å². The molecule has 0 heteroatoms. The van der Waals surface area contributed by atoms with Gasteiger partial charge < -0.3 is 0 Å². The Morgan fingerprint density at radius 2 is 1.71 bits per heavy atom. The van der Waals surface area contributed by atoms with Crippen LogP contribution in [-0.2, 0) is 0 Å². The molecule has 0 N–H and O–H groups in total. The monoisotopic (exact) mass is 426 g/mol. The highest BCUT2D eigenvalue weighted by Gasteiger charge is 2.56. The molecule has 7 atom stereocenters. The number of fused-ring (bicyclic) bond motifs is 4. The molecular weight excluding hydrogens is 372 g/mol. The first kappa shape index (κ1) is 23.9. The molecule has 0 heterocycles. The first-order chi connectivity index (χ1) is 14.8. The topological polar surface area (TPSA) is 0 Å². The van der Waals surface area contributed by atoms with Gasteiger partial charge in [-0.1, -0.05) is 104 Å². The summed E-state index contributed by atoms with van der Waals surface area (Å²) in [7, 11) is 0. The lowest BCUT2D eigenvalue weighted by molar-refractivity contribution is -0.0283. The molecule has 0 aromatic rings. The van der Waals surface area contributed by atoms with E-state index in [0.29, 0.717) is 10.8 Å². The minimum Gasteiger partial charge on any atom is -0.0668 e. The van der Waals surface area contributed by atoms with Gasteiger partial charge in [0.25, 0.3) is 0 Å². The maximum Gasteiger partial charge on any atom is -0.00825 e. The first-order valence-electron chi connectivity index (χ1n) is 14.5. The molecule has 2 unspecified atom stereocenters. The Bertz CT molecular complexity index is 640. The Balaban J connectivity index is 1.52. The molecule has 0 radical (unpaired) electrons. The molecule has 0 bridgehead atoms. The van der Waals surface area contributed by atoms with Crippen LogP contribution in [0.1, 0.15) is 138 Å². The van der Waals surface area contributed by atoms with Crippen molar-refractivity contribution >= 4 is 0 Å². The van der Waals surface area contributed by atoms with Gasteiger partial charge in [0.05, 0.1) is 0 Å². The van der Waals surface area contributed by atoms with Gasteiger partial charge in [-0.3, -0.25) is 0 Å². The number of hydrogen-bond donors (Lipinski definition) is 0. The number of unbranched alkanes of at least 4 members (excludes halogenated alkanes) is 1. The number of hydrogen-bond acceptors (Lipinski definition) is 0. The lowest BCUT2D eigenvalue weighted by atomic mass is 9.47. The van der Waals surface area contributed by atoms with Crippen molar-refractivity contribution in [2.75, 3.05) is 0 Å². The summed E-state index contributed by atoms with van der Waals surface area (Å²) in [4.78, 5) is 0. The van der Waals surface area contributed by atoms with E-state index in [-0.39, 0.29) is 0 Å². The van der Waals surface area contributed by atoms with Crippen LogP contribution in [0.3, 0.4) is 0 Å². The van der Waals surface area contributed by atoms with Gasteiger partial charge in [-0.25, -0.2) is 0 Å². The molecule has 0 aromatic heterocycles. The summed E-state index contributed by atoms with van der Waals surface area (Å²) in [6.45, 7) is 15.2. The zero-order valence-electron chi connectivity index (χ0n) is 22.1. The molecule has 0 nitrogen and oxygen atoms in total. The molecule has 0 spiro atoms. The van der Waals surface area contributed by atoms with Gasteiger partial charge in [0.2, 0.25) is 0 Å². The third-order valence-corrected chi connectivity index (χ3v) is 11.3. The summed E-state index contributed by atoms with van der Waals surface area (Å²) in [5, 5.41) is 0. The highest BCUT2D eigenvalue weighted by atomic mass is 14.6. The minimum atomic E-state index is 0.544. The van der Waals surface area contributed by atoms with E-state index in [1.165, 1.54) is 96.3 Å². The maximum absolute atomic E-state index is 2.75. The van der Waals surface area contributed by atoms with Crippen LogP contribution < -0.4 is 0 Å². The van der Waals surface area contributed by atoms with Gasteiger partial charge in [0.1, 0.15) is 0 Å². The van der Waals surface area contributed by atoms with E-state index in [1.807, 2.05) is 11.1 Å². The predicted octanol–water partition coefficient (Wildman–Crippen LogP) is 9.98. The molecule has 3 fully saturated rings. The third-order valence-electron chi connectivity index (χ3n) is 11.3. The summed E-state index contributed by atoms with van der Waals surface area (Å²) in [5.41, 5.74) is 5.18. The van der Waals surface area contributed by atoms with Crippen molar-refractivity contribution in [1.29, 1.82) is 0 Å². The fraction of sp³-hybridized carbons (Fsp3) is 0.935. The zero-order valence-corrected chi connectivity index (χ0v) is 22.1. The van der Waals surface area contributed by atoms with E-state index < -0.39 is 0 Å². The molecule has 0 aromatic carbocycles. The van der Waals surface area contributed by atoms with Crippen LogP contribution in [0.15, 0.2) is 11.1 Å². The fourth-order valence-electron chi connectivity index (χ4n) is 9.63. The van der Waals surface area contributed by atoms with E-state index in [9.17, 15) is 0 Å². The average molecular weight is 427 g/mol. The van der Waals surface area contributed by atoms with Crippen LogP contribution in [0.25, 0.3) is 0 Å². The maximum atomic E-state index is 2.75. The van der Waals surface area contributed by atoms with Gasteiger partial charge in [-0.05, 0) is 91.3 Å².